The van der Waals surface area contributed by atoms with Crippen LogP contribution >= 0.6 is 0 Å². The van der Waals surface area contributed by atoms with Crippen LogP contribution in [-0.2, 0) is 11.2 Å². The van der Waals surface area contributed by atoms with Gasteiger partial charge in [0.1, 0.15) is 6.17 Å². The molecule has 0 saturated heterocycles. The first kappa shape index (κ1) is 13.9. The Kier molecular flexibility index (Phi) is 3.64. The van der Waals surface area contributed by atoms with Crippen LogP contribution in [0, 0.1) is 0 Å². The molecule has 0 aliphatic carbocycles. The van der Waals surface area contributed by atoms with Gasteiger partial charge in [-0.15, -0.1) is 0 Å². The van der Waals surface area contributed by atoms with Crippen LogP contribution in [-0.4, -0.2) is 29.0 Å². The van der Waals surface area contributed by atoms with E-state index >= 15 is 0 Å². The largest absolute Gasteiger partial charge is 0.268 e. The second-order valence-corrected chi connectivity index (χ2v) is 4.92. The van der Waals surface area contributed by atoms with Gasteiger partial charge in [0, 0.05) is 6.42 Å². The predicted molar refractivity (Wildman–Crippen MR) is 79.0 cm³/mol. The molecule has 5 heteroatoms. The van der Waals surface area contributed by atoms with Gasteiger partial charge in [-0.25, -0.2) is 9.69 Å². The Labute approximate surface area is 126 Å². The zero-order valence-corrected chi connectivity index (χ0v) is 11.6. The summed E-state index contributed by atoms with van der Waals surface area (Å²) in [5.41, 5.74) is 1.56. The lowest BCUT2D eigenvalue weighted by Gasteiger charge is -2.21. The van der Waals surface area contributed by atoms with E-state index in [9.17, 15) is 14.4 Å². The van der Waals surface area contributed by atoms with Crippen molar-refractivity contribution in [3.05, 3.63) is 71.3 Å². The summed E-state index contributed by atoms with van der Waals surface area (Å²) in [5.74, 6) is -0.860. The zero-order valence-electron chi connectivity index (χ0n) is 11.6. The Morgan fingerprint density at radius 3 is 2.00 bits per heavy atom. The highest BCUT2D eigenvalue weighted by atomic mass is 16.2. The van der Waals surface area contributed by atoms with Crippen molar-refractivity contribution in [1.82, 2.24) is 4.90 Å². The number of hydrogen-bond acceptors (Lipinski definition) is 4. The molecule has 0 spiro atoms. The first-order valence-electron chi connectivity index (χ1n) is 6.80. The normalized spacial score (nSPS) is 14.5. The average molecular weight is 292 g/mol. The summed E-state index contributed by atoms with van der Waals surface area (Å²) >= 11 is 0. The molecule has 108 valence electrons. The number of hydrogen-bond donors (Lipinski definition) is 0. The minimum atomic E-state index is -0.882. The third-order valence-electron chi connectivity index (χ3n) is 3.59. The minimum Gasteiger partial charge on any atom is -0.268 e. The summed E-state index contributed by atoms with van der Waals surface area (Å²) in [6.45, 7) is 0. The second kappa shape index (κ2) is 5.76. The van der Waals surface area contributed by atoms with Gasteiger partial charge >= 0.3 is 0 Å². The highest BCUT2D eigenvalue weighted by Gasteiger charge is 2.39. The van der Waals surface area contributed by atoms with Crippen LogP contribution in [0.2, 0.25) is 0 Å². The van der Waals surface area contributed by atoms with Crippen molar-refractivity contribution in [2.75, 3.05) is 0 Å². The molecule has 3 rings (SSSR count). The Bertz CT molecular complexity index is 745. The number of nitrogens with zero attached hydrogens (tertiary/aromatic N) is 2. The van der Waals surface area contributed by atoms with E-state index in [1.165, 1.54) is 6.08 Å². The van der Waals surface area contributed by atoms with Gasteiger partial charge in [-0.3, -0.25) is 9.59 Å². The van der Waals surface area contributed by atoms with Gasteiger partial charge in [-0.05, 0) is 17.7 Å². The van der Waals surface area contributed by atoms with Crippen molar-refractivity contribution in [1.29, 1.82) is 0 Å². The molecule has 0 saturated carbocycles. The van der Waals surface area contributed by atoms with Crippen LogP contribution in [0.4, 0.5) is 0 Å². The molecule has 1 heterocycles. The van der Waals surface area contributed by atoms with Crippen LogP contribution < -0.4 is 0 Å². The molecular formula is C17H12N2O3. The Hall–Kier alpha value is -3.04. The molecule has 2 aromatic rings. The Morgan fingerprint density at radius 2 is 1.45 bits per heavy atom. The first-order chi connectivity index (χ1) is 10.7. The van der Waals surface area contributed by atoms with Gasteiger partial charge in [-0.1, -0.05) is 42.5 Å². The molecule has 1 unspecified atom stereocenters. The summed E-state index contributed by atoms with van der Waals surface area (Å²) < 4.78 is 0. The van der Waals surface area contributed by atoms with Crippen LogP contribution in [0.15, 0.2) is 59.6 Å². The maximum absolute atomic E-state index is 12.4. The fourth-order valence-electron chi connectivity index (χ4n) is 2.56. The summed E-state index contributed by atoms with van der Waals surface area (Å²) in [6.07, 6.45) is 0.859. The molecule has 0 fully saturated rings. The van der Waals surface area contributed by atoms with Crippen molar-refractivity contribution in [3.63, 3.8) is 0 Å². The maximum atomic E-state index is 12.4. The molecule has 22 heavy (non-hydrogen) atoms. The number of benzene rings is 2. The molecular weight excluding hydrogens is 280 g/mol. The SMILES string of the molecule is O=C=NC(Cc1ccccc1)N1C(=O)c2ccccc2C1=O. The van der Waals surface area contributed by atoms with E-state index in [0.29, 0.717) is 11.1 Å². The second-order valence-electron chi connectivity index (χ2n) is 4.92. The number of carbonyl (C=O) groups excluding carboxylic acids is 3. The molecule has 2 amide bonds. The van der Waals surface area contributed by atoms with Crippen LogP contribution in [0.1, 0.15) is 26.3 Å². The van der Waals surface area contributed by atoms with Gasteiger partial charge in [0.05, 0.1) is 11.1 Å². The van der Waals surface area contributed by atoms with Crippen molar-refractivity contribution in [2.45, 2.75) is 12.6 Å². The van der Waals surface area contributed by atoms with Crippen LogP contribution in [0.25, 0.3) is 0 Å². The summed E-state index contributed by atoms with van der Waals surface area (Å²) in [4.78, 5) is 40.3. The van der Waals surface area contributed by atoms with Crippen molar-refractivity contribution in [2.24, 2.45) is 4.99 Å². The number of isocyanates is 1. The van der Waals surface area contributed by atoms with E-state index in [-0.39, 0.29) is 6.42 Å². The van der Waals surface area contributed by atoms with Gasteiger partial charge in [0.25, 0.3) is 11.8 Å². The average Bonchev–Trinajstić information content (AvgIpc) is 2.80. The predicted octanol–water partition coefficient (Wildman–Crippen LogP) is 2.19. The zero-order chi connectivity index (χ0) is 15.5. The molecule has 5 nitrogen and oxygen atoms in total. The topological polar surface area (TPSA) is 66.8 Å². The molecule has 1 atom stereocenters. The van der Waals surface area contributed by atoms with Gasteiger partial charge < -0.3 is 0 Å². The lowest BCUT2D eigenvalue weighted by Crippen LogP contribution is -2.40. The molecule has 0 aromatic heterocycles. The van der Waals surface area contributed by atoms with Crippen LogP contribution in [0.5, 0.6) is 0 Å². The van der Waals surface area contributed by atoms with E-state index in [0.717, 1.165) is 10.5 Å². The fraction of sp³-hybridized carbons (Fsp3) is 0.118. The maximum Gasteiger partial charge on any atom is 0.263 e. The first-order valence-corrected chi connectivity index (χ1v) is 6.80. The van der Waals surface area contributed by atoms with E-state index in [4.69, 9.17) is 0 Å². The Balaban J connectivity index is 1.95. The quantitative estimate of drug-likeness (QED) is 0.493. The molecule has 0 N–H and O–H groups in total. The highest BCUT2D eigenvalue weighted by molar-refractivity contribution is 6.21. The number of aliphatic imine (C=N–C) groups is 1. The van der Waals surface area contributed by atoms with E-state index in [1.807, 2.05) is 30.3 Å². The van der Waals surface area contributed by atoms with Crippen molar-refractivity contribution in [3.8, 4) is 0 Å². The third-order valence-corrected chi connectivity index (χ3v) is 3.59. The third kappa shape index (κ3) is 2.34. The van der Waals surface area contributed by atoms with Crippen molar-refractivity contribution >= 4 is 17.9 Å². The van der Waals surface area contributed by atoms with E-state index in [2.05, 4.69) is 4.99 Å². The monoisotopic (exact) mass is 292 g/mol. The van der Waals surface area contributed by atoms with Gasteiger partial charge in [0.2, 0.25) is 6.08 Å². The number of carbonyl (C=O) groups is 2. The highest BCUT2D eigenvalue weighted by Crippen LogP contribution is 2.26. The van der Waals surface area contributed by atoms with Crippen LogP contribution in [0.3, 0.4) is 0 Å². The fourth-order valence-corrected chi connectivity index (χ4v) is 2.56. The smallest absolute Gasteiger partial charge is 0.263 e. The number of fused-ring (bicyclic) bond motifs is 1. The summed E-state index contributed by atoms with van der Waals surface area (Å²) in [5, 5.41) is 0. The molecule has 1 aliphatic rings. The molecule has 0 radical (unpaired) electrons. The number of rotatable bonds is 4. The number of imide groups is 1. The lowest BCUT2D eigenvalue weighted by atomic mass is 10.1. The van der Waals surface area contributed by atoms with Crippen molar-refractivity contribution < 1.29 is 14.4 Å². The van der Waals surface area contributed by atoms with E-state index in [1.54, 1.807) is 24.3 Å². The summed E-state index contributed by atoms with van der Waals surface area (Å²) in [6, 6.07) is 15.9. The standard InChI is InChI=1S/C17H12N2O3/c20-11-18-15(10-12-6-2-1-3-7-12)19-16(21)13-8-4-5-9-14(13)17(19)22/h1-9,15H,10H2. The lowest BCUT2D eigenvalue weighted by molar-refractivity contribution is 0.0590. The summed E-state index contributed by atoms with van der Waals surface area (Å²) in [7, 11) is 0. The Morgan fingerprint density at radius 1 is 0.909 bits per heavy atom. The molecule has 2 aromatic carbocycles. The van der Waals surface area contributed by atoms with E-state index < -0.39 is 18.0 Å². The van der Waals surface area contributed by atoms with Gasteiger partial charge in [-0.2, -0.15) is 4.99 Å². The number of amides is 2. The molecule has 1 aliphatic heterocycles. The van der Waals surface area contributed by atoms with Gasteiger partial charge in [0.15, 0.2) is 0 Å². The minimum absolute atomic E-state index is 0.279. The molecule has 0 bridgehead atoms.